The maximum Gasteiger partial charge on any atom is 0.0294 e. The minimum atomic E-state index is 0.180. The Morgan fingerprint density at radius 3 is 2.53 bits per heavy atom. The molecule has 15 heavy (non-hydrogen) atoms. The lowest BCUT2D eigenvalue weighted by Crippen LogP contribution is -2.09. The second kappa shape index (κ2) is 4.45. The van der Waals surface area contributed by atoms with Crippen molar-refractivity contribution < 1.29 is 0 Å². The molecule has 0 saturated heterocycles. The minimum Gasteiger partial charge on any atom is -0.324 e. The highest BCUT2D eigenvalue weighted by Gasteiger charge is 2.04. The molecular weight excluding hydrogens is 182 g/mol. The van der Waals surface area contributed by atoms with Gasteiger partial charge in [0.25, 0.3) is 0 Å². The molecule has 0 amide bonds. The normalized spacial score (nSPS) is 12.9. The Labute approximate surface area is 90.9 Å². The predicted molar refractivity (Wildman–Crippen MR) is 65.8 cm³/mol. The summed E-state index contributed by atoms with van der Waals surface area (Å²) in [4.78, 5) is 0. The molecule has 1 heteroatoms. The number of hydrogen-bond acceptors (Lipinski definition) is 1. The summed E-state index contributed by atoms with van der Waals surface area (Å²) in [6.07, 6.45) is 2.19. The van der Waals surface area contributed by atoms with Gasteiger partial charge >= 0.3 is 0 Å². The van der Waals surface area contributed by atoms with E-state index in [1.165, 1.54) is 16.3 Å². The van der Waals surface area contributed by atoms with Gasteiger partial charge in [-0.05, 0) is 28.8 Å². The molecule has 2 rings (SSSR count). The topological polar surface area (TPSA) is 26.0 Å². The van der Waals surface area contributed by atoms with E-state index >= 15 is 0 Å². The van der Waals surface area contributed by atoms with E-state index < -0.39 is 0 Å². The molecule has 0 spiro atoms. The van der Waals surface area contributed by atoms with Crippen molar-refractivity contribution in [2.75, 3.05) is 0 Å². The lowest BCUT2D eigenvalue weighted by atomic mass is 10.00. The third-order valence-electron chi connectivity index (χ3n) is 2.80. The van der Waals surface area contributed by atoms with Crippen LogP contribution in [0.1, 0.15) is 31.4 Å². The maximum absolute atomic E-state index is 6.10. The fourth-order valence-corrected chi connectivity index (χ4v) is 1.92. The molecule has 2 aromatic rings. The molecule has 0 unspecified atom stereocenters. The summed E-state index contributed by atoms with van der Waals surface area (Å²) >= 11 is 0. The van der Waals surface area contributed by atoms with Gasteiger partial charge in [-0.25, -0.2) is 0 Å². The highest BCUT2D eigenvalue weighted by molar-refractivity contribution is 5.83. The van der Waals surface area contributed by atoms with E-state index in [1.54, 1.807) is 0 Å². The van der Waals surface area contributed by atoms with Crippen molar-refractivity contribution in [3.05, 3.63) is 48.0 Å². The summed E-state index contributed by atoms with van der Waals surface area (Å²) < 4.78 is 0. The third kappa shape index (κ3) is 2.18. The average molecular weight is 199 g/mol. The standard InChI is InChI=1S/C14H17N/c1-2-5-14(15)13-9-8-11-6-3-4-7-12(11)10-13/h3-4,6-10,14H,2,5,15H2,1H3/t14-/m1/s1. The second-order valence-corrected chi connectivity index (χ2v) is 4.00. The van der Waals surface area contributed by atoms with Crippen LogP contribution in [0.4, 0.5) is 0 Å². The summed E-state index contributed by atoms with van der Waals surface area (Å²) in [5, 5.41) is 2.56. The van der Waals surface area contributed by atoms with Crippen molar-refractivity contribution in [2.45, 2.75) is 25.8 Å². The SMILES string of the molecule is CCC[C@@H](N)c1ccc2ccccc2c1. The summed E-state index contributed by atoms with van der Waals surface area (Å²) in [6, 6.07) is 15.1. The molecule has 0 aliphatic rings. The average Bonchev–Trinajstić information content (AvgIpc) is 2.29. The molecule has 2 N–H and O–H groups in total. The van der Waals surface area contributed by atoms with Crippen LogP contribution < -0.4 is 5.73 Å². The second-order valence-electron chi connectivity index (χ2n) is 4.00. The van der Waals surface area contributed by atoms with Crippen molar-refractivity contribution in [1.82, 2.24) is 0 Å². The number of benzene rings is 2. The van der Waals surface area contributed by atoms with Crippen LogP contribution in [0.5, 0.6) is 0 Å². The van der Waals surface area contributed by atoms with Gasteiger partial charge in [-0.2, -0.15) is 0 Å². The fraction of sp³-hybridized carbons (Fsp3) is 0.286. The van der Waals surface area contributed by atoms with Gasteiger partial charge in [0.1, 0.15) is 0 Å². The van der Waals surface area contributed by atoms with Crippen molar-refractivity contribution >= 4 is 10.8 Å². The van der Waals surface area contributed by atoms with E-state index in [2.05, 4.69) is 49.4 Å². The van der Waals surface area contributed by atoms with E-state index in [0.29, 0.717) is 0 Å². The van der Waals surface area contributed by atoms with Crippen LogP contribution in [0.15, 0.2) is 42.5 Å². The van der Waals surface area contributed by atoms with Gasteiger partial charge in [-0.1, -0.05) is 49.7 Å². The highest BCUT2D eigenvalue weighted by atomic mass is 14.6. The van der Waals surface area contributed by atoms with Crippen LogP contribution in [-0.2, 0) is 0 Å². The molecule has 0 aromatic heterocycles. The van der Waals surface area contributed by atoms with Gasteiger partial charge in [-0.3, -0.25) is 0 Å². The first kappa shape index (κ1) is 10.2. The molecule has 1 nitrogen and oxygen atoms in total. The fourth-order valence-electron chi connectivity index (χ4n) is 1.92. The van der Waals surface area contributed by atoms with Gasteiger partial charge in [0.05, 0.1) is 0 Å². The Bertz CT molecular complexity index is 448. The predicted octanol–water partition coefficient (Wildman–Crippen LogP) is 3.64. The molecule has 0 radical (unpaired) electrons. The largest absolute Gasteiger partial charge is 0.324 e. The van der Waals surface area contributed by atoms with Crippen molar-refractivity contribution in [2.24, 2.45) is 5.73 Å². The first-order chi connectivity index (χ1) is 7.31. The zero-order chi connectivity index (χ0) is 10.7. The molecule has 0 heterocycles. The van der Waals surface area contributed by atoms with Gasteiger partial charge in [-0.15, -0.1) is 0 Å². The minimum absolute atomic E-state index is 0.180. The molecule has 0 saturated carbocycles. The Hall–Kier alpha value is -1.34. The number of hydrogen-bond donors (Lipinski definition) is 1. The lowest BCUT2D eigenvalue weighted by Gasteiger charge is -2.11. The molecule has 0 fully saturated rings. The molecular formula is C14H17N. The molecule has 0 bridgehead atoms. The Balaban J connectivity index is 2.38. The third-order valence-corrected chi connectivity index (χ3v) is 2.80. The van der Waals surface area contributed by atoms with Gasteiger partial charge < -0.3 is 5.73 Å². The van der Waals surface area contributed by atoms with Crippen LogP contribution >= 0.6 is 0 Å². The van der Waals surface area contributed by atoms with Crippen LogP contribution in [0, 0.1) is 0 Å². The molecule has 0 aliphatic heterocycles. The Morgan fingerprint density at radius 1 is 1.07 bits per heavy atom. The van der Waals surface area contributed by atoms with Crippen LogP contribution in [0.3, 0.4) is 0 Å². The summed E-state index contributed by atoms with van der Waals surface area (Å²) in [5.74, 6) is 0. The van der Waals surface area contributed by atoms with Crippen LogP contribution in [-0.4, -0.2) is 0 Å². The molecule has 78 valence electrons. The number of fused-ring (bicyclic) bond motifs is 1. The van der Waals surface area contributed by atoms with Crippen molar-refractivity contribution in [1.29, 1.82) is 0 Å². The van der Waals surface area contributed by atoms with E-state index in [-0.39, 0.29) is 6.04 Å². The number of rotatable bonds is 3. The zero-order valence-corrected chi connectivity index (χ0v) is 9.11. The quantitative estimate of drug-likeness (QED) is 0.802. The Kier molecular flexibility index (Phi) is 3.02. The van der Waals surface area contributed by atoms with E-state index in [4.69, 9.17) is 5.73 Å². The number of nitrogens with two attached hydrogens (primary N) is 1. The maximum atomic E-state index is 6.10. The van der Waals surface area contributed by atoms with Crippen LogP contribution in [0.25, 0.3) is 10.8 Å². The smallest absolute Gasteiger partial charge is 0.0294 e. The monoisotopic (exact) mass is 199 g/mol. The Morgan fingerprint density at radius 2 is 1.80 bits per heavy atom. The summed E-state index contributed by atoms with van der Waals surface area (Å²) in [6.45, 7) is 2.17. The van der Waals surface area contributed by atoms with Gasteiger partial charge in [0.2, 0.25) is 0 Å². The molecule has 2 aromatic carbocycles. The highest BCUT2D eigenvalue weighted by Crippen LogP contribution is 2.21. The van der Waals surface area contributed by atoms with Crippen LogP contribution in [0.2, 0.25) is 0 Å². The molecule has 0 aliphatic carbocycles. The first-order valence-electron chi connectivity index (χ1n) is 5.55. The van der Waals surface area contributed by atoms with Gasteiger partial charge in [0, 0.05) is 6.04 Å². The first-order valence-corrected chi connectivity index (χ1v) is 5.55. The van der Waals surface area contributed by atoms with Gasteiger partial charge in [0.15, 0.2) is 0 Å². The summed E-state index contributed by atoms with van der Waals surface area (Å²) in [5.41, 5.74) is 7.34. The lowest BCUT2D eigenvalue weighted by molar-refractivity contribution is 0.639. The van der Waals surface area contributed by atoms with Crippen molar-refractivity contribution in [3.8, 4) is 0 Å². The van der Waals surface area contributed by atoms with Crippen molar-refractivity contribution in [3.63, 3.8) is 0 Å². The van der Waals surface area contributed by atoms with E-state index in [0.717, 1.165) is 12.8 Å². The van der Waals surface area contributed by atoms with E-state index in [9.17, 15) is 0 Å². The summed E-state index contributed by atoms with van der Waals surface area (Å²) in [7, 11) is 0. The zero-order valence-electron chi connectivity index (χ0n) is 9.11. The van der Waals surface area contributed by atoms with E-state index in [1.807, 2.05) is 0 Å². The molecule has 1 atom stereocenters.